The number of amides is 3. The van der Waals surface area contributed by atoms with Gasteiger partial charge >= 0.3 is 12.1 Å². The number of ketones is 1. The number of aromatic nitrogens is 1. The van der Waals surface area contributed by atoms with Crippen LogP contribution in [0.5, 0.6) is 0 Å². The fourth-order valence-electron chi connectivity index (χ4n) is 4.16. The molecule has 2 N–H and O–H groups in total. The van der Waals surface area contributed by atoms with Gasteiger partial charge in [-0.2, -0.15) is 22.0 Å². The van der Waals surface area contributed by atoms with Crippen LogP contribution >= 0.6 is 0 Å². The van der Waals surface area contributed by atoms with Crippen molar-refractivity contribution in [3.05, 3.63) is 30.1 Å². The molecule has 0 saturated carbocycles. The third-order valence-corrected chi connectivity index (χ3v) is 6.36. The summed E-state index contributed by atoms with van der Waals surface area (Å²) in [7, 11) is 0. The molecule has 0 bridgehead atoms. The van der Waals surface area contributed by atoms with Crippen LogP contribution < -0.4 is 10.6 Å². The Bertz CT molecular complexity index is 1000. The Kier molecular flexibility index (Phi) is 10.3. The molecular weight excluding hydrogens is 515 g/mol. The molecule has 1 aliphatic heterocycles. The maximum Gasteiger partial charge on any atom is 0.461 e. The maximum atomic E-state index is 13.7. The lowest BCUT2D eigenvalue weighted by Crippen LogP contribution is -2.60. The Morgan fingerprint density at radius 1 is 1.03 bits per heavy atom. The molecule has 1 saturated heterocycles. The van der Waals surface area contributed by atoms with Gasteiger partial charge in [0.15, 0.2) is 0 Å². The van der Waals surface area contributed by atoms with Gasteiger partial charge in [0.05, 0.1) is 6.04 Å². The number of halogens is 5. The number of carbonyl (C=O) groups excluding carboxylic acids is 4. The molecule has 0 unspecified atom stereocenters. The van der Waals surface area contributed by atoms with Crippen LogP contribution in [0.3, 0.4) is 0 Å². The minimum Gasteiger partial charge on any atom is -0.344 e. The zero-order chi connectivity index (χ0) is 28.8. The highest BCUT2D eigenvalue weighted by Crippen LogP contribution is 2.37. The van der Waals surface area contributed by atoms with Crippen LogP contribution in [0.2, 0.25) is 0 Å². The lowest BCUT2D eigenvalue weighted by atomic mass is 9.95. The standard InChI is InChI=1S/C25H33F5N4O4/c1-14(2)19(21(36)24(26,27)25(28,29)30)33-22(37)17-8-6-12-34(17)23(38)20(15(3)4)32-18(35)10-9-16-7-5-11-31-13-16/h5,7,11,13-15,17,19-20H,6,8-10,12H2,1-4H3,(H,32,35)(H,33,37)/t17-,19-,20-/m0/s1. The molecule has 13 heteroatoms. The Hall–Kier alpha value is -3.12. The lowest BCUT2D eigenvalue weighted by molar-refractivity contribution is -0.270. The number of hydrogen-bond acceptors (Lipinski definition) is 5. The topological polar surface area (TPSA) is 108 Å². The zero-order valence-corrected chi connectivity index (χ0v) is 21.6. The molecule has 0 spiro atoms. The molecule has 0 aromatic carbocycles. The van der Waals surface area contributed by atoms with Gasteiger partial charge in [0.25, 0.3) is 0 Å². The second kappa shape index (κ2) is 12.6. The number of pyridine rings is 1. The average molecular weight is 549 g/mol. The van der Waals surface area contributed by atoms with Crippen LogP contribution in [-0.4, -0.2) is 70.2 Å². The molecule has 1 fully saturated rings. The van der Waals surface area contributed by atoms with Crippen LogP contribution in [0.25, 0.3) is 0 Å². The van der Waals surface area contributed by atoms with E-state index in [4.69, 9.17) is 0 Å². The Labute approximate surface area is 217 Å². The van der Waals surface area contributed by atoms with E-state index in [0.29, 0.717) is 12.8 Å². The third-order valence-electron chi connectivity index (χ3n) is 6.36. The predicted molar refractivity (Wildman–Crippen MR) is 127 cm³/mol. The highest BCUT2D eigenvalue weighted by molar-refractivity contribution is 5.97. The van der Waals surface area contributed by atoms with Crippen molar-refractivity contribution in [2.75, 3.05) is 6.54 Å². The molecule has 8 nitrogen and oxygen atoms in total. The van der Waals surface area contributed by atoms with Gasteiger partial charge in [-0.1, -0.05) is 33.8 Å². The Balaban J connectivity index is 2.12. The molecule has 1 aromatic heterocycles. The van der Waals surface area contributed by atoms with Crippen molar-refractivity contribution in [1.29, 1.82) is 0 Å². The smallest absolute Gasteiger partial charge is 0.344 e. The highest BCUT2D eigenvalue weighted by atomic mass is 19.4. The number of alkyl halides is 5. The quantitative estimate of drug-likeness (QED) is 0.414. The number of nitrogens with one attached hydrogen (secondary N) is 2. The summed E-state index contributed by atoms with van der Waals surface area (Å²) in [6.07, 6.45) is -1.95. The van der Waals surface area contributed by atoms with Gasteiger partial charge in [0.2, 0.25) is 23.5 Å². The summed E-state index contributed by atoms with van der Waals surface area (Å²) in [5, 5.41) is 4.69. The zero-order valence-electron chi connectivity index (χ0n) is 21.6. The molecule has 1 aliphatic rings. The van der Waals surface area contributed by atoms with Gasteiger partial charge in [-0.05, 0) is 42.7 Å². The van der Waals surface area contributed by atoms with Crippen LogP contribution in [0, 0.1) is 11.8 Å². The summed E-state index contributed by atoms with van der Waals surface area (Å²) in [6, 6.07) is -0.775. The molecule has 38 heavy (non-hydrogen) atoms. The third kappa shape index (κ3) is 7.47. The van der Waals surface area contributed by atoms with Crippen molar-refractivity contribution in [3.8, 4) is 0 Å². The van der Waals surface area contributed by atoms with Gasteiger partial charge in [-0.3, -0.25) is 24.2 Å². The van der Waals surface area contributed by atoms with E-state index in [2.05, 4.69) is 10.3 Å². The molecule has 2 heterocycles. The normalized spacial score (nSPS) is 17.9. The average Bonchev–Trinajstić information content (AvgIpc) is 3.33. The molecule has 212 valence electrons. The molecule has 3 atom stereocenters. The number of rotatable bonds is 11. The van der Waals surface area contributed by atoms with Crippen molar-refractivity contribution in [2.45, 2.75) is 83.6 Å². The minimum atomic E-state index is -6.11. The summed E-state index contributed by atoms with van der Waals surface area (Å²) >= 11 is 0. The number of hydrogen-bond donors (Lipinski definition) is 2. The fraction of sp³-hybridized carbons (Fsp3) is 0.640. The Morgan fingerprint density at radius 2 is 1.66 bits per heavy atom. The molecule has 2 rings (SSSR count). The van der Waals surface area contributed by atoms with E-state index in [9.17, 15) is 41.1 Å². The fourth-order valence-corrected chi connectivity index (χ4v) is 4.16. The summed E-state index contributed by atoms with van der Waals surface area (Å²) in [6.45, 7) is 5.96. The minimum absolute atomic E-state index is 0.0811. The van der Waals surface area contributed by atoms with E-state index in [1.54, 1.807) is 38.4 Å². The summed E-state index contributed by atoms with van der Waals surface area (Å²) in [4.78, 5) is 56.1. The number of nitrogens with zero attached hydrogens (tertiary/aromatic N) is 2. The summed E-state index contributed by atoms with van der Waals surface area (Å²) in [5.41, 5.74) is 0.830. The van der Waals surface area contributed by atoms with Gasteiger partial charge in [0.1, 0.15) is 12.1 Å². The van der Waals surface area contributed by atoms with Gasteiger partial charge < -0.3 is 15.5 Å². The van der Waals surface area contributed by atoms with Crippen LogP contribution in [0.4, 0.5) is 22.0 Å². The van der Waals surface area contributed by atoms with E-state index in [0.717, 1.165) is 5.56 Å². The van der Waals surface area contributed by atoms with Gasteiger partial charge in [-0.15, -0.1) is 0 Å². The van der Waals surface area contributed by atoms with Crippen molar-refractivity contribution in [1.82, 2.24) is 20.5 Å². The second-order valence-electron chi connectivity index (χ2n) is 10.0. The Morgan fingerprint density at radius 3 is 2.18 bits per heavy atom. The van der Waals surface area contributed by atoms with Crippen LogP contribution in [-0.2, 0) is 25.6 Å². The van der Waals surface area contributed by atoms with E-state index in [1.165, 1.54) is 18.7 Å². The summed E-state index contributed by atoms with van der Waals surface area (Å²) in [5.74, 6) is -11.6. The number of likely N-dealkylation sites (tertiary alicyclic amines) is 1. The van der Waals surface area contributed by atoms with Crippen molar-refractivity contribution < 1.29 is 41.1 Å². The maximum absolute atomic E-state index is 13.7. The number of aryl methyl sites for hydroxylation is 1. The molecule has 0 aliphatic carbocycles. The molecule has 0 radical (unpaired) electrons. The second-order valence-corrected chi connectivity index (χ2v) is 10.0. The van der Waals surface area contributed by atoms with Crippen molar-refractivity contribution >= 4 is 23.5 Å². The predicted octanol–water partition coefficient (Wildman–Crippen LogP) is 3.05. The van der Waals surface area contributed by atoms with Crippen molar-refractivity contribution in [3.63, 3.8) is 0 Å². The summed E-state index contributed by atoms with van der Waals surface area (Å²) < 4.78 is 65.7. The highest BCUT2D eigenvalue weighted by Gasteiger charge is 2.64. The van der Waals surface area contributed by atoms with E-state index in [-0.39, 0.29) is 25.3 Å². The monoisotopic (exact) mass is 548 g/mol. The first-order valence-corrected chi connectivity index (χ1v) is 12.4. The largest absolute Gasteiger partial charge is 0.461 e. The first kappa shape index (κ1) is 31.1. The van der Waals surface area contributed by atoms with Gasteiger partial charge in [-0.25, -0.2) is 0 Å². The first-order chi connectivity index (χ1) is 17.6. The first-order valence-electron chi connectivity index (χ1n) is 12.4. The molecule has 3 amide bonds. The van der Waals surface area contributed by atoms with Gasteiger partial charge in [0, 0.05) is 25.4 Å². The number of carbonyl (C=O) groups is 4. The van der Waals surface area contributed by atoms with Crippen LogP contribution in [0.1, 0.15) is 52.5 Å². The molecule has 1 aromatic rings. The van der Waals surface area contributed by atoms with E-state index < -0.39 is 59.6 Å². The van der Waals surface area contributed by atoms with Crippen LogP contribution in [0.15, 0.2) is 24.5 Å². The lowest BCUT2D eigenvalue weighted by Gasteiger charge is -2.32. The number of Topliss-reactive ketones (excluding diaryl/α,β-unsaturated/α-hetero) is 1. The van der Waals surface area contributed by atoms with E-state index >= 15 is 0 Å². The SMILES string of the molecule is CC(C)[C@H](NC(=O)CCc1cccnc1)C(=O)N1CCC[C@H]1C(=O)N[C@H](C(=O)C(F)(F)C(F)(F)F)C(C)C. The van der Waals surface area contributed by atoms with E-state index in [1.807, 2.05) is 5.32 Å². The van der Waals surface area contributed by atoms with Crippen molar-refractivity contribution in [2.24, 2.45) is 11.8 Å². The molecular formula is C25H33F5N4O4.